The maximum atomic E-state index is 12.6. The van der Waals surface area contributed by atoms with Crippen LogP contribution in [-0.2, 0) is 10.9 Å². The summed E-state index contributed by atoms with van der Waals surface area (Å²) in [5.74, 6) is -0.406. The molecule has 0 saturated carbocycles. The van der Waals surface area contributed by atoms with E-state index in [4.69, 9.17) is 16.3 Å². The second kappa shape index (κ2) is 6.01. The minimum Gasteiger partial charge on any atom is -0.381 e. The molecule has 0 aliphatic carbocycles. The molecule has 1 saturated heterocycles. The summed E-state index contributed by atoms with van der Waals surface area (Å²) in [4.78, 5) is 11.9. The molecule has 20 heavy (non-hydrogen) atoms. The molecule has 1 N–H and O–H groups in total. The number of alkyl halides is 3. The molecular formula is C13H13ClF3NO2. The molecule has 0 unspecified atom stereocenters. The molecule has 0 spiro atoms. The maximum absolute atomic E-state index is 12.6. The highest BCUT2D eigenvalue weighted by molar-refractivity contribution is 6.33. The Hall–Kier alpha value is -1.27. The van der Waals surface area contributed by atoms with Crippen LogP contribution in [0.3, 0.4) is 0 Å². The lowest BCUT2D eigenvalue weighted by Crippen LogP contribution is -2.30. The quantitative estimate of drug-likeness (QED) is 0.932. The fraction of sp³-hybridized carbons (Fsp3) is 0.462. The van der Waals surface area contributed by atoms with Crippen molar-refractivity contribution in [3.05, 3.63) is 34.3 Å². The number of nitrogens with one attached hydrogen (secondary N) is 1. The van der Waals surface area contributed by atoms with Gasteiger partial charge >= 0.3 is 6.18 Å². The lowest BCUT2D eigenvalue weighted by atomic mass is 10.1. The molecule has 1 heterocycles. The highest BCUT2D eigenvalue weighted by atomic mass is 35.5. The molecule has 2 rings (SSSR count). The second-order valence-corrected chi connectivity index (χ2v) is 5.04. The number of carbonyl (C=O) groups is 1. The first-order valence-electron chi connectivity index (χ1n) is 6.10. The summed E-state index contributed by atoms with van der Waals surface area (Å²) in [7, 11) is 0. The van der Waals surface area contributed by atoms with E-state index in [0.29, 0.717) is 19.8 Å². The van der Waals surface area contributed by atoms with E-state index in [1.807, 2.05) is 0 Å². The topological polar surface area (TPSA) is 38.3 Å². The second-order valence-electron chi connectivity index (χ2n) is 4.63. The average molecular weight is 308 g/mol. The summed E-state index contributed by atoms with van der Waals surface area (Å²) in [6.45, 7) is 1.56. The first-order valence-corrected chi connectivity index (χ1v) is 6.48. The Kier molecular flexibility index (Phi) is 4.55. The molecule has 1 aromatic rings. The van der Waals surface area contributed by atoms with Crippen molar-refractivity contribution in [1.29, 1.82) is 0 Å². The zero-order chi connectivity index (χ0) is 14.8. The van der Waals surface area contributed by atoms with E-state index >= 15 is 0 Å². The molecule has 3 nitrogen and oxygen atoms in total. The molecule has 1 amide bonds. The van der Waals surface area contributed by atoms with Crippen LogP contribution in [-0.4, -0.2) is 25.7 Å². The highest BCUT2D eigenvalue weighted by Gasteiger charge is 2.31. The molecule has 1 atom stereocenters. The standard InChI is InChI=1S/C13H13ClF3NO2/c14-11-2-1-9(13(15,16)17)5-10(11)12(19)18-6-8-3-4-20-7-8/h1-2,5,8H,3-4,6-7H2,(H,18,19)/t8-/m0/s1. The molecule has 1 aliphatic heterocycles. The third kappa shape index (κ3) is 3.64. The number of carbonyl (C=O) groups excluding carboxylic acids is 1. The fourth-order valence-corrected chi connectivity index (χ4v) is 2.16. The van der Waals surface area contributed by atoms with Gasteiger partial charge in [0.05, 0.1) is 22.8 Å². The van der Waals surface area contributed by atoms with Gasteiger partial charge in [-0.05, 0) is 24.6 Å². The van der Waals surface area contributed by atoms with Crippen molar-refractivity contribution in [2.45, 2.75) is 12.6 Å². The van der Waals surface area contributed by atoms with Crippen LogP contribution < -0.4 is 5.32 Å². The van der Waals surface area contributed by atoms with Crippen LogP contribution >= 0.6 is 11.6 Å². The fourth-order valence-electron chi connectivity index (χ4n) is 1.95. The molecule has 0 radical (unpaired) electrons. The van der Waals surface area contributed by atoms with E-state index in [1.165, 1.54) is 0 Å². The van der Waals surface area contributed by atoms with E-state index in [-0.39, 0.29) is 16.5 Å². The van der Waals surface area contributed by atoms with Crippen LogP contribution in [0, 0.1) is 5.92 Å². The largest absolute Gasteiger partial charge is 0.416 e. The summed E-state index contributed by atoms with van der Waals surface area (Å²) in [5, 5.41) is 2.59. The lowest BCUT2D eigenvalue weighted by Gasteiger charge is -2.12. The van der Waals surface area contributed by atoms with Crippen molar-refractivity contribution in [1.82, 2.24) is 5.32 Å². The van der Waals surface area contributed by atoms with Crippen molar-refractivity contribution in [3.63, 3.8) is 0 Å². The summed E-state index contributed by atoms with van der Waals surface area (Å²) in [6, 6.07) is 2.70. The van der Waals surface area contributed by atoms with Gasteiger partial charge in [0.15, 0.2) is 0 Å². The number of hydrogen-bond donors (Lipinski definition) is 1. The number of halogens is 4. The van der Waals surface area contributed by atoms with E-state index in [0.717, 1.165) is 24.6 Å². The molecule has 1 aromatic carbocycles. The number of benzene rings is 1. The minimum atomic E-state index is -4.50. The molecule has 0 bridgehead atoms. The first kappa shape index (κ1) is 15.1. The monoisotopic (exact) mass is 307 g/mol. The number of hydrogen-bond acceptors (Lipinski definition) is 2. The zero-order valence-corrected chi connectivity index (χ0v) is 11.2. The van der Waals surface area contributed by atoms with Crippen LogP contribution in [0.1, 0.15) is 22.3 Å². The summed E-state index contributed by atoms with van der Waals surface area (Å²) in [5.41, 5.74) is -1.06. The van der Waals surface area contributed by atoms with Gasteiger partial charge in [-0.2, -0.15) is 13.2 Å². The molecule has 0 aromatic heterocycles. The van der Waals surface area contributed by atoms with Gasteiger partial charge < -0.3 is 10.1 Å². The van der Waals surface area contributed by atoms with Gasteiger partial charge in [-0.3, -0.25) is 4.79 Å². The first-order chi connectivity index (χ1) is 9.38. The average Bonchev–Trinajstić information content (AvgIpc) is 2.88. The van der Waals surface area contributed by atoms with E-state index < -0.39 is 17.6 Å². The van der Waals surface area contributed by atoms with Crippen LogP contribution in [0.2, 0.25) is 5.02 Å². The van der Waals surface area contributed by atoms with E-state index in [1.54, 1.807) is 0 Å². The van der Waals surface area contributed by atoms with Crippen molar-refractivity contribution in [3.8, 4) is 0 Å². The predicted molar refractivity (Wildman–Crippen MR) is 67.7 cm³/mol. The van der Waals surface area contributed by atoms with E-state index in [2.05, 4.69) is 5.32 Å². The number of ether oxygens (including phenoxy) is 1. The predicted octanol–water partition coefficient (Wildman–Crippen LogP) is 3.13. The van der Waals surface area contributed by atoms with Gasteiger partial charge in [0.1, 0.15) is 0 Å². The van der Waals surface area contributed by atoms with E-state index in [9.17, 15) is 18.0 Å². The molecule has 7 heteroatoms. The van der Waals surface area contributed by atoms with Crippen molar-refractivity contribution in [2.24, 2.45) is 5.92 Å². The smallest absolute Gasteiger partial charge is 0.381 e. The van der Waals surface area contributed by atoms with Gasteiger partial charge in [-0.15, -0.1) is 0 Å². The number of rotatable bonds is 3. The third-order valence-electron chi connectivity index (χ3n) is 3.11. The zero-order valence-electron chi connectivity index (χ0n) is 10.5. The van der Waals surface area contributed by atoms with Gasteiger partial charge in [0.2, 0.25) is 0 Å². The Labute approximate surface area is 119 Å². The Morgan fingerprint density at radius 1 is 1.45 bits per heavy atom. The highest BCUT2D eigenvalue weighted by Crippen LogP contribution is 2.31. The van der Waals surface area contributed by atoms with Gasteiger partial charge in [-0.25, -0.2) is 0 Å². The third-order valence-corrected chi connectivity index (χ3v) is 3.44. The summed E-state index contributed by atoms with van der Waals surface area (Å²) in [6.07, 6.45) is -3.67. The summed E-state index contributed by atoms with van der Waals surface area (Å²) < 4.78 is 43.0. The summed E-state index contributed by atoms with van der Waals surface area (Å²) >= 11 is 5.78. The van der Waals surface area contributed by atoms with Gasteiger partial charge in [0.25, 0.3) is 5.91 Å². The minimum absolute atomic E-state index is 0.00169. The van der Waals surface area contributed by atoms with Gasteiger partial charge in [0, 0.05) is 19.1 Å². The molecule has 1 aliphatic rings. The lowest BCUT2D eigenvalue weighted by molar-refractivity contribution is -0.137. The van der Waals surface area contributed by atoms with Crippen molar-refractivity contribution < 1.29 is 22.7 Å². The molecule has 110 valence electrons. The van der Waals surface area contributed by atoms with Crippen molar-refractivity contribution >= 4 is 17.5 Å². The normalized spacial score (nSPS) is 19.1. The Morgan fingerprint density at radius 2 is 2.20 bits per heavy atom. The Morgan fingerprint density at radius 3 is 2.80 bits per heavy atom. The van der Waals surface area contributed by atoms with Crippen LogP contribution in [0.25, 0.3) is 0 Å². The van der Waals surface area contributed by atoms with Crippen LogP contribution in [0.15, 0.2) is 18.2 Å². The van der Waals surface area contributed by atoms with Crippen LogP contribution in [0.4, 0.5) is 13.2 Å². The van der Waals surface area contributed by atoms with Gasteiger partial charge in [-0.1, -0.05) is 11.6 Å². The SMILES string of the molecule is O=C(NC[C@@H]1CCOC1)c1cc(C(F)(F)F)ccc1Cl. The molecule has 1 fully saturated rings. The van der Waals surface area contributed by atoms with Crippen LogP contribution in [0.5, 0.6) is 0 Å². The number of amides is 1. The van der Waals surface area contributed by atoms with Crippen molar-refractivity contribution in [2.75, 3.05) is 19.8 Å². The molecular weight excluding hydrogens is 295 g/mol. The Balaban J connectivity index is 2.08. The Bertz CT molecular complexity index is 499. The maximum Gasteiger partial charge on any atom is 0.416 e.